The van der Waals surface area contributed by atoms with Crippen molar-refractivity contribution in [3.63, 3.8) is 0 Å². The molecular formula is C10H17N5OS. The van der Waals surface area contributed by atoms with Crippen LogP contribution in [0, 0.1) is 12.3 Å². The molecule has 0 atom stereocenters. The minimum atomic E-state index is -0.587. The number of hydrogen-bond donors (Lipinski definition) is 2. The van der Waals surface area contributed by atoms with Crippen LogP contribution >= 0.6 is 11.3 Å². The highest BCUT2D eigenvalue weighted by Gasteiger charge is 2.38. The molecule has 7 heteroatoms. The molecule has 0 unspecified atom stereocenters. The molecule has 0 spiro atoms. The summed E-state index contributed by atoms with van der Waals surface area (Å²) >= 11 is 1.59. The first-order valence-electron chi connectivity index (χ1n) is 5.52. The van der Waals surface area contributed by atoms with Crippen LogP contribution in [0.25, 0.3) is 0 Å². The summed E-state index contributed by atoms with van der Waals surface area (Å²) in [4.78, 5) is 2.17. The van der Waals surface area contributed by atoms with Crippen LogP contribution in [-0.2, 0) is 4.74 Å². The van der Waals surface area contributed by atoms with Crippen LogP contribution in [0.2, 0.25) is 0 Å². The van der Waals surface area contributed by atoms with E-state index in [-0.39, 0.29) is 5.84 Å². The number of ether oxygens (including phenoxy) is 1. The molecule has 1 aromatic heterocycles. The zero-order valence-electron chi connectivity index (χ0n) is 10.1. The molecule has 1 aliphatic rings. The quantitative estimate of drug-likeness (QED) is 0.615. The third kappa shape index (κ3) is 2.25. The fraction of sp³-hybridized carbons (Fsp3) is 0.700. The number of nitrogens with two attached hydrogens (primary N) is 1. The summed E-state index contributed by atoms with van der Waals surface area (Å²) in [6.07, 6.45) is 1.44. The zero-order chi connectivity index (χ0) is 12.5. The Bertz CT molecular complexity index is 411. The van der Waals surface area contributed by atoms with E-state index in [1.165, 1.54) is 0 Å². The van der Waals surface area contributed by atoms with Crippen molar-refractivity contribution in [2.24, 2.45) is 5.73 Å². The van der Waals surface area contributed by atoms with E-state index >= 15 is 0 Å². The van der Waals surface area contributed by atoms with Gasteiger partial charge in [0.2, 0.25) is 5.13 Å². The van der Waals surface area contributed by atoms with Gasteiger partial charge in [0.1, 0.15) is 16.4 Å². The summed E-state index contributed by atoms with van der Waals surface area (Å²) in [5, 5.41) is 17.7. The number of hydrogen-bond acceptors (Lipinski definition) is 6. The molecule has 6 nitrogen and oxygen atoms in total. The monoisotopic (exact) mass is 255 g/mol. The average molecular weight is 255 g/mol. The second-order valence-corrected chi connectivity index (χ2v) is 5.36. The summed E-state index contributed by atoms with van der Waals surface area (Å²) in [5.41, 5.74) is 5.03. The maximum atomic E-state index is 7.62. The van der Waals surface area contributed by atoms with Gasteiger partial charge in [0.05, 0.1) is 0 Å². The van der Waals surface area contributed by atoms with Gasteiger partial charge in [-0.3, -0.25) is 5.41 Å². The van der Waals surface area contributed by atoms with Gasteiger partial charge in [0.15, 0.2) is 0 Å². The Balaban J connectivity index is 2.05. The van der Waals surface area contributed by atoms with Crippen molar-refractivity contribution in [1.82, 2.24) is 10.2 Å². The van der Waals surface area contributed by atoms with Gasteiger partial charge in [-0.25, -0.2) is 0 Å². The lowest BCUT2D eigenvalue weighted by Crippen LogP contribution is -2.53. The predicted octanol–water partition coefficient (Wildman–Crippen LogP) is 0.768. The fourth-order valence-electron chi connectivity index (χ4n) is 2.06. The summed E-state index contributed by atoms with van der Waals surface area (Å²) < 4.78 is 5.42. The summed E-state index contributed by atoms with van der Waals surface area (Å²) in [6.45, 7) is 3.53. The van der Waals surface area contributed by atoms with Crippen molar-refractivity contribution in [3.05, 3.63) is 5.01 Å². The third-order valence-electron chi connectivity index (χ3n) is 3.24. The highest BCUT2D eigenvalue weighted by atomic mass is 32.1. The van der Waals surface area contributed by atoms with Crippen LogP contribution in [-0.4, -0.2) is 41.8 Å². The number of nitrogens with one attached hydrogen (secondary N) is 1. The third-order valence-corrected chi connectivity index (χ3v) is 4.14. The van der Waals surface area contributed by atoms with Gasteiger partial charge in [-0.05, 0) is 6.92 Å². The topological polar surface area (TPSA) is 88.1 Å². The van der Waals surface area contributed by atoms with Crippen LogP contribution in [0.15, 0.2) is 0 Å². The molecule has 94 valence electrons. The molecule has 2 heterocycles. The molecule has 0 saturated carbocycles. The lowest BCUT2D eigenvalue weighted by molar-refractivity contribution is 0.0280. The van der Waals surface area contributed by atoms with Crippen LogP contribution in [0.1, 0.15) is 17.8 Å². The molecule has 2 rings (SSSR count). The Morgan fingerprint density at radius 2 is 2.12 bits per heavy atom. The van der Waals surface area contributed by atoms with Gasteiger partial charge in [-0.15, -0.1) is 10.2 Å². The first kappa shape index (κ1) is 12.3. The molecule has 1 aliphatic heterocycles. The average Bonchev–Trinajstić information content (AvgIpc) is 2.76. The Morgan fingerprint density at radius 3 is 2.53 bits per heavy atom. The standard InChI is InChI=1S/C10H17N5OS/c1-7-13-14-9(17-7)15-5-3-10(16-2,4-6-15)8(11)12/h3-6H2,1-2H3,(H3,11,12). The van der Waals surface area contributed by atoms with Crippen molar-refractivity contribution in [3.8, 4) is 0 Å². The number of amidine groups is 1. The molecule has 3 N–H and O–H groups in total. The number of nitrogens with zero attached hydrogens (tertiary/aromatic N) is 3. The molecular weight excluding hydrogens is 238 g/mol. The van der Waals surface area contributed by atoms with Crippen LogP contribution < -0.4 is 10.6 Å². The zero-order valence-corrected chi connectivity index (χ0v) is 10.9. The number of piperidine rings is 1. The van der Waals surface area contributed by atoms with Crippen molar-refractivity contribution in [2.45, 2.75) is 25.4 Å². The second kappa shape index (κ2) is 4.58. The Hall–Kier alpha value is -1.21. The number of methoxy groups -OCH3 is 1. The second-order valence-electron chi connectivity index (χ2n) is 4.20. The van der Waals surface area contributed by atoms with Crippen LogP contribution in [0.4, 0.5) is 5.13 Å². The van der Waals surface area contributed by atoms with E-state index in [1.54, 1.807) is 18.4 Å². The Morgan fingerprint density at radius 1 is 1.47 bits per heavy atom. The van der Waals surface area contributed by atoms with Gasteiger partial charge in [-0.2, -0.15) is 0 Å². The maximum Gasteiger partial charge on any atom is 0.208 e. The van der Waals surface area contributed by atoms with Gasteiger partial charge in [0.25, 0.3) is 0 Å². The van der Waals surface area contributed by atoms with Gasteiger partial charge < -0.3 is 15.4 Å². The first-order valence-corrected chi connectivity index (χ1v) is 6.34. The number of anilines is 1. The van der Waals surface area contributed by atoms with Crippen molar-refractivity contribution in [1.29, 1.82) is 5.41 Å². The summed E-state index contributed by atoms with van der Waals surface area (Å²) in [5.74, 6) is 0.119. The SMILES string of the molecule is COC1(C(=N)N)CCN(c2nnc(C)s2)CC1. The van der Waals surface area contributed by atoms with E-state index in [4.69, 9.17) is 15.9 Å². The Kier molecular flexibility index (Phi) is 3.30. The largest absolute Gasteiger partial charge is 0.385 e. The fourth-order valence-corrected chi connectivity index (χ4v) is 2.80. The number of rotatable bonds is 3. The van der Waals surface area contributed by atoms with Crippen molar-refractivity contribution in [2.75, 3.05) is 25.1 Å². The minimum Gasteiger partial charge on any atom is -0.385 e. The van der Waals surface area contributed by atoms with Crippen LogP contribution in [0.5, 0.6) is 0 Å². The molecule has 1 aromatic rings. The molecule has 0 bridgehead atoms. The number of aryl methyl sites for hydroxylation is 1. The maximum absolute atomic E-state index is 7.62. The van der Waals surface area contributed by atoms with E-state index in [1.807, 2.05) is 6.92 Å². The van der Waals surface area contributed by atoms with Crippen molar-refractivity contribution >= 4 is 22.3 Å². The lowest BCUT2D eigenvalue weighted by atomic mass is 9.90. The van der Waals surface area contributed by atoms with E-state index in [2.05, 4.69) is 15.1 Å². The molecule has 0 aliphatic carbocycles. The van der Waals surface area contributed by atoms with Crippen molar-refractivity contribution < 1.29 is 4.74 Å². The van der Waals surface area contributed by atoms with E-state index in [0.29, 0.717) is 0 Å². The summed E-state index contributed by atoms with van der Waals surface area (Å²) in [7, 11) is 1.62. The normalized spacial score (nSPS) is 19.3. The van der Waals surface area contributed by atoms with Crippen LogP contribution in [0.3, 0.4) is 0 Å². The van der Waals surface area contributed by atoms with Gasteiger partial charge in [-0.1, -0.05) is 11.3 Å². The van der Waals surface area contributed by atoms with E-state index in [9.17, 15) is 0 Å². The predicted molar refractivity (Wildman–Crippen MR) is 67.7 cm³/mol. The van der Waals surface area contributed by atoms with Gasteiger partial charge in [0, 0.05) is 33.0 Å². The lowest BCUT2D eigenvalue weighted by Gasteiger charge is -2.39. The highest BCUT2D eigenvalue weighted by molar-refractivity contribution is 7.15. The first-order chi connectivity index (χ1) is 8.07. The highest BCUT2D eigenvalue weighted by Crippen LogP contribution is 2.30. The van der Waals surface area contributed by atoms with E-state index in [0.717, 1.165) is 36.1 Å². The summed E-state index contributed by atoms with van der Waals surface area (Å²) in [6, 6.07) is 0. The minimum absolute atomic E-state index is 0.119. The molecule has 1 fully saturated rings. The molecule has 0 radical (unpaired) electrons. The molecule has 17 heavy (non-hydrogen) atoms. The number of aromatic nitrogens is 2. The Labute approximate surface area is 104 Å². The smallest absolute Gasteiger partial charge is 0.208 e. The van der Waals surface area contributed by atoms with Gasteiger partial charge >= 0.3 is 0 Å². The molecule has 1 saturated heterocycles. The molecule has 0 amide bonds. The van der Waals surface area contributed by atoms with E-state index < -0.39 is 5.60 Å². The molecule has 0 aromatic carbocycles.